The molecule has 0 unspecified atom stereocenters. The van der Waals surface area contributed by atoms with Gasteiger partial charge < -0.3 is 10.6 Å². The summed E-state index contributed by atoms with van der Waals surface area (Å²) >= 11 is 1.29. The summed E-state index contributed by atoms with van der Waals surface area (Å²) in [6.45, 7) is 6.37. The molecule has 2 heterocycles. The first kappa shape index (κ1) is 18.1. The van der Waals surface area contributed by atoms with E-state index in [-0.39, 0.29) is 17.6 Å². The van der Waals surface area contributed by atoms with Crippen LogP contribution in [0.25, 0.3) is 11.0 Å². The SMILES string of the molecule is Cc1cc2c(cc1NC(=O)NCc1snnc1C(C)C)n(C)c(=O)n2C. The molecule has 0 bridgehead atoms. The molecule has 8 nitrogen and oxygen atoms in total. The molecule has 0 saturated heterocycles. The van der Waals surface area contributed by atoms with Crippen LogP contribution in [0.4, 0.5) is 10.5 Å². The van der Waals surface area contributed by atoms with Crippen molar-refractivity contribution in [3.05, 3.63) is 38.8 Å². The number of benzene rings is 1. The first-order valence-electron chi connectivity index (χ1n) is 8.31. The van der Waals surface area contributed by atoms with Crippen LogP contribution in [0, 0.1) is 6.92 Å². The van der Waals surface area contributed by atoms with Crippen LogP contribution in [0.1, 0.15) is 35.9 Å². The Morgan fingerprint density at radius 1 is 1.23 bits per heavy atom. The van der Waals surface area contributed by atoms with Crippen LogP contribution >= 0.6 is 11.5 Å². The lowest BCUT2D eigenvalue weighted by Gasteiger charge is -2.11. The van der Waals surface area contributed by atoms with Crippen LogP contribution in [0.5, 0.6) is 0 Å². The smallest absolute Gasteiger partial charge is 0.328 e. The third-order valence-electron chi connectivity index (χ3n) is 4.41. The topological polar surface area (TPSA) is 93.8 Å². The summed E-state index contributed by atoms with van der Waals surface area (Å²) in [4.78, 5) is 25.3. The van der Waals surface area contributed by atoms with Gasteiger partial charge in [-0.05, 0) is 42.1 Å². The van der Waals surface area contributed by atoms with Crippen molar-refractivity contribution in [2.75, 3.05) is 5.32 Å². The second-order valence-electron chi connectivity index (χ2n) is 6.60. The van der Waals surface area contributed by atoms with E-state index in [9.17, 15) is 9.59 Å². The Labute approximate surface area is 155 Å². The second kappa shape index (κ2) is 6.91. The van der Waals surface area contributed by atoms with E-state index in [1.165, 1.54) is 11.5 Å². The molecule has 2 amide bonds. The molecular formula is C17H22N6O2S. The fraction of sp³-hybridized carbons (Fsp3) is 0.412. The number of anilines is 1. The monoisotopic (exact) mass is 374 g/mol. The van der Waals surface area contributed by atoms with Gasteiger partial charge in [-0.2, -0.15) is 0 Å². The Morgan fingerprint density at radius 2 is 1.88 bits per heavy atom. The van der Waals surface area contributed by atoms with Gasteiger partial charge in [0.2, 0.25) is 0 Å². The third kappa shape index (κ3) is 3.22. The summed E-state index contributed by atoms with van der Waals surface area (Å²) in [5, 5.41) is 9.81. The number of imidazole rings is 1. The molecule has 2 N–H and O–H groups in total. The number of carbonyl (C=O) groups is 1. The fourth-order valence-corrected chi connectivity index (χ4v) is 3.62. The zero-order valence-corrected chi connectivity index (χ0v) is 16.3. The molecule has 3 rings (SSSR count). The molecule has 0 aliphatic rings. The highest BCUT2D eigenvalue weighted by atomic mass is 32.1. The predicted octanol–water partition coefficient (Wildman–Crippen LogP) is 2.48. The summed E-state index contributed by atoms with van der Waals surface area (Å²) in [5.41, 5.74) is 3.97. The molecule has 138 valence electrons. The lowest BCUT2D eigenvalue weighted by Crippen LogP contribution is -2.28. The molecule has 0 radical (unpaired) electrons. The van der Waals surface area contributed by atoms with Crippen molar-refractivity contribution in [2.45, 2.75) is 33.2 Å². The van der Waals surface area contributed by atoms with E-state index in [0.717, 1.165) is 27.2 Å². The summed E-state index contributed by atoms with van der Waals surface area (Å²) < 4.78 is 7.12. The lowest BCUT2D eigenvalue weighted by atomic mass is 10.1. The maximum Gasteiger partial charge on any atom is 0.328 e. The molecule has 0 aliphatic carbocycles. The van der Waals surface area contributed by atoms with Gasteiger partial charge in [0.15, 0.2) is 0 Å². The molecule has 0 fully saturated rings. The number of carbonyl (C=O) groups excluding carboxylic acids is 1. The fourth-order valence-electron chi connectivity index (χ4n) is 2.89. The van der Waals surface area contributed by atoms with Gasteiger partial charge in [-0.3, -0.25) is 9.13 Å². The van der Waals surface area contributed by atoms with E-state index < -0.39 is 0 Å². The summed E-state index contributed by atoms with van der Waals surface area (Å²) in [6.07, 6.45) is 0. The van der Waals surface area contributed by atoms with Gasteiger partial charge in [-0.15, -0.1) is 5.10 Å². The van der Waals surface area contributed by atoms with E-state index in [0.29, 0.717) is 12.2 Å². The normalized spacial score (nSPS) is 11.3. The van der Waals surface area contributed by atoms with Crippen LogP contribution in [0.15, 0.2) is 16.9 Å². The molecule has 9 heteroatoms. The first-order valence-corrected chi connectivity index (χ1v) is 9.09. The second-order valence-corrected chi connectivity index (χ2v) is 7.44. The minimum absolute atomic E-state index is 0.0973. The average molecular weight is 374 g/mol. The number of fused-ring (bicyclic) bond motifs is 1. The Bertz CT molecular complexity index is 1030. The van der Waals surface area contributed by atoms with E-state index in [1.54, 1.807) is 23.2 Å². The Hall–Kier alpha value is -2.68. The molecule has 1 aromatic carbocycles. The van der Waals surface area contributed by atoms with Gasteiger partial charge in [0.05, 0.1) is 28.1 Å². The predicted molar refractivity (Wildman–Crippen MR) is 103 cm³/mol. The van der Waals surface area contributed by atoms with Crippen molar-refractivity contribution in [3.8, 4) is 0 Å². The highest BCUT2D eigenvalue weighted by Gasteiger charge is 2.14. The minimum Gasteiger partial charge on any atom is -0.333 e. The Kier molecular flexibility index (Phi) is 4.82. The van der Waals surface area contributed by atoms with Gasteiger partial charge in [0, 0.05) is 19.8 Å². The van der Waals surface area contributed by atoms with Crippen LogP contribution in [-0.2, 0) is 20.6 Å². The zero-order valence-electron chi connectivity index (χ0n) is 15.5. The van der Waals surface area contributed by atoms with E-state index in [4.69, 9.17) is 0 Å². The molecule has 0 spiro atoms. The van der Waals surface area contributed by atoms with Crippen LogP contribution < -0.4 is 16.3 Å². The third-order valence-corrected chi connectivity index (χ3v) is 5.15. The van der Waals surface area contributed by atoms with E-state index in [2.05, 4.69) is 20.2 Å². The van der Waals surface area contributed by atoms with Crippen molar-refractivity contribution in [2.24, 2.45) is 14.1 Å². The van der Waals surface area contributed by atoms with Crippen LogP contribution in [0.3, 0.4) is 0 Å². The largest absolute Gasteiger partial charge is 0.333 e. The number of rotatable bonds is 4. The molecule has 2 aromatic heterocycles. The van der Waals surface area contributed by atoms with Gasteiger partial charge in [-0.25, -0.2) is 9.59 Å². The van der Waals surface area contributed by atoms with Crippen molar-refractivity contribution < 1.29 is 4.79 Å². The number of urea groups is 1. The molecule has 0 aliphatic heterocycles. The van der Waals surface area contributed by atoms with Crippen molar-refractivity contribution >= 4 is 34.3 Å². The van der Waals surface area contributed by atoms with Crippen LogP contribution in [-0.4, -0.2) is 24.8 Å². The molecule has 26 heavy (non-hydrogen) atoms. The number of hydrogen-bond acceptors (Lipinski definition) is 5. The molecule has 3 aromatic rings. The van der Waals surface area contributed by atoms with E-state index >= 15 is 0 Å². The number of nitrogens with zero attached hydrogens (tertiary/aromatic N) is 4. The number of nitrogens with one attached hydrogen (secondary N) is 2. The van der Waals surface area contributed by atoms with Crippen LogP contribution in [0.2, 0.25) is 0 Å². The maximum absolute atomic E-state index is 12.3. The Balaban J connectivity index is 1.77. The number of amides is 2. The maximum atomic E-state index is 12.3. The standard InChI is InChI=1S/C17H22N6O2S/c1-9(2)15-14(26-21-20-15)8-18-16(24)19-11-7-13-12(6-10(11)3)22(4)17(25)23(13)5/h6-7,9H,8H2,1-5H3,(H2,18,19,24). The van der Waals surface area contributed by atoms with Gasteiger partial charge >= 0.3 is 11.7 Å². The van der Waals surface area contributed by atoms with Gasteiger partial charge in [0.1, 0.15) is 0 Å². The lowest BCUT2D eigenvalue weighted by molar-refractivity contribution is 0.252. The number of hydrogen-bond donors (Lipinski definition) is 2. The minimum atomic E-state index is -0.309. The highest BCUT2D eigenvalue weighted by molar-refractivity contribution is 7.05. The number of aryl methyl sites for hydroxylation is 3. The Morgan fingerprint density at radius 3 is 2.54 bits per heavy atom. The summed E-state index contributed by atoms with van der Waals surface area (Å²) in [5.74, 6) is 0.262. The zero-order chi connectivity index (χ0) is 19.0. The summed E-state index contributed by atoms with van der Waals surface area (Å²) in [6, 6.07) is 3.41. The highest BCUT2D eigenvalue weighted by Crippen LogP contribution is 2.23. The van der Waals surface area contributed by atoms with Gasteiger partial charge in [-0.1, -0.05) is 18.3 Å². The van der Waals surface area contributed by atoms with Gasteiger partial charge in [0.25, 0.3) is 0 Å². The average Bonchev–Trinajstić information content (AvgIpc) is 3.14. The molecular weight excluding hydrogens is 352 g/mol. The molecule has 0 atom stereocenters. The number of aromatic nitrogens is 4. The first-order chi connectivity index (χ1) is 12.3. The summed E-state index contributed by atoms with van der Waals surface area (Å²) in [7, 11) is 3.45. The van der Waals surface area contributed by atoms with Crippen molar-refractivity contribution in [3.63, 3.8) is 0 Å². The van der Waals surface area contributed by atoms with Crippen molar-refractivity contribution in [1.82, 2.24) is 24.0 Å². The quantitative estimate of drug-likeness (QED) is 0.734. The van der Waals surface area contributed by atoms with Crippen molar-refractivity contribution in [1.29, 1.82) is 0 Å². The molecule has 0 saturated carbocycles. The van der Waals surface area contributed by atoms with E-state index in [1.807, 2.05) is 32.9 Å².